The second-order valence-electron chi connectivity index (χ2n) is 5.40. The van der Waals surface area contributed by atoms with E-state index in [9.17, 15) is 9.59 Å². The van der Waals surface area contributed by atoms with Crippen LogP contribution in [0.3, 0.4) is 0 Å². The largest absolute Gasteiger partial charge is 0.352 e. The highest BCUT2D eigenvalue weighted by molar-refractivity contribution is 7.98. The standard InChI is InChI=1S/C14H23N5O2S/c1-22-9-5-12(17-14(15)21)13(20)19-8-2-4-11(19)10-18-7-3-6-16-18/h3,6-7,11-12H,2,4-5,8-10H2,1H3,(H3,15,17,21)/t11-,12+/m1/s1. The first-order chi connectivity index (χ1) is 10.6. The molecule has 0 aromatic carbocycles. The molecule has 1 aromatic heterocycles. The number of likely N-dealkylation sites (tertiary alicyclic amines) is 1. The quantitative estimate of drug-likeness (QED) is 0.770. The minimum Gasteiger partial charge on any atom is -0.352 e. The van der Waals surface area contributed by atoms with E-state index < -0.39 is 12.1 Å². The number of urea groups is 1. The third kappa shape index (κ3) is 4.40. The molecule has 2 rings (SSSR count). The maximum atomic E-state index is 12.7. The van der Waals surface area contributed by atoms with E-state index in [-0.39, 0.29) is 11.9 Å². The van der Waals surface area contributed by atoms with Gasteiger partial charge in [-0.05, 0) is 37.3 Å². The highest BCUT2D eigenvalue weighted by Crippen LogP contribution is 2.20. The van der Waals surface area contributed by atoms with Crippen molar-refractivity contribution in [1.29, 1.82) is 0 Å². The van der Waals surface area contributed by atoms with Crippen LogP contribution in [0.2, 0.25) is 0 Å². The van der Waals surface area contributed by atoms with E-state index >= 15 is 0 Å². The van der Waals surface area contributed by atoms with Crippen LogP contribution in [0.5, 0.6) is 0 Å². The van der Waals surface area contributed by atoms with Crippen molar-refractivity contribution in [1.82, 2.24) is 20.0 Å². The number of amides is 3. The fourth-order valence-corrected chi connectivity index (χ4v) is 3.28. The zero-order valence-corrected chi connectivity index (χ0v) is 13.6. The number of carbonyl (C=O) groups is 2. The fourth-order valence-electron chi connectivity index (χ4n) is 2.80. The van der Waals surface area contributed by atoms with Crippen molar-refractivity contribution < 1.29 is 9.59 Å². The molecule has 3 amide bonds. The molecular formula is C14H23N5O2S. The number of rotatable bonds is 7. The maximum Gasteiger partial charge on any atom is 0.312 e. The van der Waals surface area contributed by atoms with Crippen molar-refractivity contribution in [3.63, 3.8) is 0 Å². The minimum atomic E-state index is -0.651. The van der Waals surface area contributed by atoms with E-state index in [1.54, 1.807) is 18.0 Å². The average molecular weight is 325 g/mol. The maximum absolute atomic E-state index is 12.7. The summed E-state index contributed by atoms with van der Waals surface area (Å²) in [4.78, 5) is 25.8. The molecule has 1 aliphatic rings. The first kappa shape index (κ1) is 16.7. The number of aromatic nitrogens is 2. The lowest BCUT2D eigenvalue weighted by Crippen LogP contribution is -2.52. The molecule has 122 valence electrons. The van der Waals surface area contributed by atoms with E-state index in [1.807, 2.05) is 28.1 Å². The van der Waals surface area contributed by atoms with Crippen molar-refractivity contribution in [3.8, 4) is 0 Å². The van der Waals surface area contributed by atoms with E-state index in [0.29, 0.717) is 13.0 Å². The highest BCUT2D eigenvalue weighted by Gasteiger charge is 2.33. The highest BCUT2D eigenvalue weighted by atomic mass is 32.2. The molecule has 1 fully saturated rings. The lowest BCUT2D eigenvalue weighted by atomic mass is 10.1. The molecule has 22 heavy (non-hydrogen) atoms. The molecule has 1 aliphatic heterocycles. The molecule has 0 saturated carbocycles. The van der Waals surface area contributed by atoms with Crippen molar-refractivity contribution >= 4 is 23.7 Å². The molecule has 7 nitrogen and oxygen atoms in total. The van der Waals surface area contributed by atoms with Crippen LogP contribution < -0.4 is 11.1 Å². The molecule has 0 aliphatic carbocycles. The summed E-state index contributed by atoms with van der Waals surface area (Å²) in [5.41, 5.74) is 5.20. The number of nitrogens with zero attached hydrogens (tertiary/aromatic N) is 3. The van der Waals surface area contributed by atoms with Crippen molar-refractivity contribution in [3.05, 3.63) is 18.5 Å². The summed E-state index contributed by atoms with van der Waals surface area (Å²) >= 11 is 1.64. The third-order valence-corrected chi connectivity index (χ3v) is 4.49. The lowest BCUT2D eigenvalue weighted by molar-refractivity contribution is -0.134. The van der Waals surface area contributed by atoms with Crippen molar-refractivity contribution in [2.24, 2.45) is 5.73 Å². The van der Waals surface area contributed by atoms with Crippen LogP contribution in [0, 0.1) is 0 Å². The van der Waals surface area contributed by atoms with Crippen LogP contribution in [0.4, 0.5) is 4.79 Å². The van der Waals surface area contributed by atoms with E-state index in [4.69, 9.17) is 5.73 Å². The van der Waals surface area contributed by atoms with Gasteiger partial charge in [0.25, 0.3) is 0 Å². The predicted molar refractivity (Wildman–Crippen MR) is 86.5 cm³/mol. The number of thioether (sulfide) groups is 1. The van der Waals surface area contributed by atoms with Crippen molar-refractivity contribution in [2.45, 2.75) is 37.9 Å². The number of nitrogens with one attached hydrogen (secondary N) is 1. The summed E-state index contributed by atoms with van der Waals surface area (Å²) in [6, 6.07) is 0.807. The molecule has 1 saturated heterocycles. The van der Waals surface area contributed by atoms with Crippen molar-refractivity contribution in [2.75, 3.05) is 18.6 Å². The van der Waals surface area contributed by atoms with Gasteiger partial charge in [0.2, 0.25) is 5.91 Å². The molecular weight excluding hydrogens is 302 g/mol. The molecule has 0 unspecified atom stereocenters. The molecule has 2 heterocycles. The Morgan fingerprint density at radius 3 is 3.00 bits per heavy atom. The zero-order valence-electron chi connectivity index (χ0n) is 12.8. The summed E-state index contributed by atoms with van der Waals surface area (Å²) in [5, 5.41) is 6.78. The Labute approximate surface area is 134 Å². The van der Waals surface area contributed by atoms with E-state index in [2.05, 4.69) is 10.4 Å². The molecule has 8 heteroatoms. The van der Waals surface area contributed by atoms with Gasteiger partial charge in [-0.2, -0.15) is 16.9 Å². The minimum absolute atomic E-state index is 0.0393. The van der Waals surface area contributed by atoms with Gasteiger partial charge in [0.1, 0.15) is 6.04 Å². The number of carbonyl (C=O) groups excluding carboxylic acids is 2. The number of primary amides is 1. The number of nitrogens with two attached hydrogens (primary N) is 1. The van der Waals surface area contributed by atoms with Crippen LogP contribution in [0.25, 0.3) is 0 Å². The number of hydrogen-bond donors (Lipinski definition) is 2. The molecule has 0 bridgehead atoms. The van der Waals surface area contributed by atoms with Gasteiger partial charge in [-0.25, -0.2) is 4.79 Å². The smallest absolute Gasteiger partial charge is 0.312 e. The van der Waals surface area contributed by atoms with Crippen LogP contribution in [0.15, 0.2) is 18.5 Å². The Kier molecular flexibility index (Phi) is 6.11. The van der Waals surface area contributed by atoms with Crippen LogP contribution >= 0.6 is 11.8 Å². The first-order valence-electron chi connectivity index (χ1n) is 7.44. The second kappa shape index (κ2) is 8.07. The summed E-state index contributed by atoms with van der Waals surface area (Å²) < 4.78 is 1.84. The summed E-state index contributed by atoms with van der Waals surface area (Å²) in [6.07, 6.45) is 8.13. The molecule has 1 aromatic rings. The second-order valence-corrected chi connectivity index (χ2v) is 6.38. The third-order valence-electron chi connectivity index (χ3n) is 3.84. The Morgan fingerprint density at radius 1 is 1.55 bits per heavy atom. The normalized spacial score (nSPS) is 19.1. The van der Waals surface area contributed by atoms with E-state index in [1.165, 1.54) is 0 Å². The molecule has 0 radical (unpaired) electrons. The monoisotopic (exact) mass is 325 g/mol. The van der Waals surface area contributed by atoms with Crippen LogP contribution in [-0.4, -0.2) is 57.3 Å². The Morgan fingerprint density at radius 2 is 2.36 bits per heavy atom. The first-order valence-corrected chi connectivity index (χ1v) is 8.84. The zero-order chi connectivity index (χ0) is 15.9. The molecule has 3 N–H and O–H groups in total. The van der Waals surface area contributed by atoms with Gasteiger partial charge in [-0.3, -0.25) is 9.48 Å². The Bertz CT molecular complexity index is 493. The summed E-state index contributed by atoms with van der Waals surface area (Å²) in [5.74, 6) is 0.761. The van der Waals surface area contributed by atoms with Gasteiger partial charge in [0.15, 0.2) is 0 Å². The van der Waals surface area contributed by atoms with Crippen LogP contribution in [0.1, 0.15) is 19.3 Å². The Balaban J connectivity index is 2.01. The average Bonchev–Trinajstić information content (AvgIpc) is 3.14. The van der Waals surface area contributed by atoms with Gasteiger partial charge in [0.05, 0.1) is 12.6 Å². The molecule has 0 spiro atoms. The SMILES string of the molecule is CSCC[C@H](NC(N)=O)C(=O)N1CCC[C@@H]1Cn1cccn1. The molecule has 2 atom stereocenters. The predicted octanol–water partition coefficient (Wildman–Crippen LogP) is 0.664. The van der Waals surface area contributed by atoms with Gasteiger partial charge in [0, 0.05) is 18.9 Å². The van der Waals surface area contributed by atoms with E-state index in [0.717, 1.165) is 25.1 Å². The van der Waals surface area contributed by atoms with Gasteiger partial charge < -0.3 is 16.0 Å². The fraction of sp³-hybridized carbons (Fsp3) is 0.643. The van der Waals surface area contributed by atoms with Gasteiger partial charge in [-0.1, -0.05) is 0 Å². The van der Waals surface area contributed by atoms with Gasteiger partial charge >= 0.3 is 6.03 Å². The number of hydrogen-bond acceptors (Lipinski definition) is 4. The summed E-state index contributed by atoms with van der Waals surface area (Å²) in [7, 11) is 0. The topological polar surface area (TPSA) is 93.2 Å². The lowest BCUT2D eigenvalue weighted by Gasteiger charge is -2.29. The summed E-state index contributed by atoms with van der Waals surface area (Å²) in [6.45, 7) is 1.41. The van der Waals surface area contributed by atoms with Gasteiger partial charge in [-0.15, -0.1) is 0 Å². The van der Waals surface area contributed by atoms with Crippen LogP contribution in [-0.2, 0) is 11.3 Å². The Hall–Kier alpha value is -1.70.